The first-order valence-corrected chi connectivity index (χ1v) is 14.8. The molecule has 0 amide bonds. The summed E-state index contributed by atoms with van der Waals surface area (Å²) in [4.78, 5) is 27.1. The third kappa shape index (κ3) is 4.21. The molecule has 5 aliphatic rings. The lowest BCUT2D eigenvalue weighted by Crippen LogP contribution is -2.61. The number of hydrogen-bond acceptors (Lipinski definition) is 9. The number of anilines is 1. The highest BCUT2D eigenvalue weighted by molar-refractivity contribution is 5.97. The Hall–Kier alpha value is -4.34. The fourth-order valence-corrected chi connectivity index (χ4v) is 7.34. The number of hydrogen-bond donors (Lipinski definition) is 2. The number of piperidine rings is 2. The monoisotopic (exact) mass is 602 g/mol. The van der Waals surface area contributed by atoms with E-state index in [1.165, 1.54) is 30.5 Å². The van der Waals surface area contributed by atoms with Gasteiger partial charge in [0, 0.05) is 49.6 Å². The van der Waals surface area contributed by atoms with E-state index in [0.717, 1.165) is 17.5 Å². The molecule has 2 aromatic heterocycles. The maximum atomic E-state index is 15.0. The standard InChI is InChI=1S/C32H31F2N7O3/c1-2-23-25(34)7-4-18-10-22(42)11-26(27(18)23)41-30(43)28-24(14-36-41)29(40-16-20-5-6-21(40)13-35-20)38-31(37-28)44-17-32-8-3-9-39(32)15-19(33)12-32/h1,4,7,10-11,14,19-21,35,42H,3,5-6,8-9,12-13,15-17H2/t19-,20?,21?,32+/m1/s1/i17D2,19D. The number of phenolic OH excluding ortho intramolecular Hbond substituents is 1. The SMILES string of the molecule is [2H]C([2H])(Oc1nc(N2CC3CCC2CN3)c2cnn(-c3cc(O)cc4ccc(F)c(C#C)c34)c(=O)c2n1)[C@@]12CCCN1C[C@]([2H])(F)C2. The molecule has 44 heavy (non-hydrogen) atoms. The van der Waals surface area contributed by atoms with E-state index in [-0.39, 0.29) is 59.4 Å². The molecule has 0 saturated carbocycles. The molecule has 2 N–H and O–H groups in total. The number of benzene rings is 2. The first-order valence-electron chi connectivity index (χ1n) is 16.3. The summed E-state index contributed by atoms with van der Waals surface area (Å²) < 4.78 is 62.9. The Balaban J connectivity index is 1.32. The summed E-state index contributed by atoms with van der Waals surface area (Å²) in [6.45, 7) is -1.06. The van der Waals surface area contributed by atoms with Crippen molar-refractivity contribution in [3.05, 3.63) is 52.2 Å². The molecule has 4 aromatic rings. The van der Waals surface area contributed by atoms with Crippen LogP contribution in [-0.4, -0.2) is 86.3 Å². The van der Waals surface area contributed by atoms with Crippen LogP contribution in [0.15, 0.2) is 35.3 Å². The zero-order valence-corrected chi connectivity index (χ0v) is 23.7. The second-order valence-corrected chi connectivity index (χ2v) is 12.0. The normalized spacial score (nSPS) is 29.4. The summed E-state index contributed by atoms with van der Waals surface area (Å²) in [5, 5.41) is 19.3. The van der Waals surface area contributed by atoms with Crippen LogP contribution in [0.3, 0.4) is 0 Å². The quantitative estimate of drug-likeness (QED) is 0.333. The van der Waals surface area contributed by atoms with Crippen molar-refractivity contribution in [1.82, 2.24) is 30.0 Å². The van der Waals surface area contributed by atoms with E-state index >= 15 is 0 Å². The lowest BCUT2D eigenvalue weighted by Gasteiger charge is -2.46. The maximum absolute atomic E-state index is 15.0. The van der Waals surface area contributed by atoms with Crippen LogP contribution in [0, 0.1) is 18.2 Å². The zero-order chi connectivity index (χ0) is 32.9. The smallest absolute Gasteiger partial charge is 0.319 e. The second kappa shape index (κ2) is 10.1. The number of halogens is 2. The molecular weight excluding hydrogens is 568 g/mol. The summed E-state index contributed by atoms with van der Waals surface area (Å²) in [6, 6.07) is 5.08. The first kappa shape index (κ1) is 24.0. The number of nitrogens with zero attached hydrogens (tertiary/aromatic N) is 6. The Bertz CT molecular complexity index is 2060. The lowest BCUT2D eigenvalue weighted by atomic mass is 9.93. The van der Waals surface area contributed by atoms with Crippen molar-refractivity contribution in [2.24, 2.45) is 0 Å². The van der Waals surface area contributed by atoms with Crippen LogP contribution >= 0.6 is 0 Å². The molecule has 10 nitrogen and oxygen atoms in total. The number of aromatic nitrogens is 4. The molecule has 0 aliphatic carbocycles. The Morgan fingerprint density at radius 3 is 2.95 bits per heavy atom. The molecular formula is C32H31F2N7O3. The highest BCUT2D eigenvalue weighted by atomic mass is 19.1. The molecule has 2 aromatic carbocycles. The Kier molecular flexibility index (Phi) is 5.52. The number of ether oxygens (including phenoxy) is 1. The molecule has 0 spiro atoms. The molecule has 12 heteroatoms. The van der Waals surface area contributed by atoms with Gasteiger partial charge in [0.2, 0.25) is 0 Å². The van der Waals surface area contributed by atoms with Gasteiger partial charge < -0.3 is 20.1 Å². The summed E-state index contributed by atoms with van der Waals surface area (Å²) in [6.07, 6.45) is 7.09. The van der Waals surface area contributed by atoms with Crippen LogP contribution in [0.4, 0.5) is 14.6 Å². The number of piperazine rings is 1. The average Bonchev–Trinajstić information content (AvgIpc) is 3.55. The van der Waals surface area contributed by atoms with Gasteiger partial charge in [-0.2, -0.15) is 19.7 Å². The number of alkyl halides is 1. The van der Waals surface area contributed by atoms with E-state index in [1.807, 2.05) is 4.90 Å². The molecule has 5 fully saturated rings. The van der Waals surface area contributed by atoms with Crippen molar-refractivity contribution in [2.75, 3.05) is 37.6 Å². The van der Waals surface area contributed by atoms with Crippen LogP contribution in [0.2, 0.25) is 0 Å². The van der Waals surface area contributed by atoms with Gasteiger partial charge in [-0.1, -0.05) is 12.0 Å². The summed E-state index contributed by atoms with van der Waals surface area (Å²) in [5.74, 6) is 1.79. The first-order chi connectivity index (χ1) is 22.4. The minimum absolute atomic E-state index is 0.0275. The van der Waals surface area contributed by atoms with Crippen LogP contribution < -0.4 is 20.5 Å². The molecule has 7 heterocycles. The third-order valence-corrected chi connectivity index (χ3v) is 9.43. The van der Waals surface area contributed by atoms with Crippen molar-refractivity contribution in [3.63, 3.8) is 0 Å². The van der Waals surface area contributed by atoms with E-state index in [1.54, 1.807) is 4.90 Å². The molecule has 5 saturated heterocycles. The molecule has 2 bridgehead atoms. The fourth-order valence-electron chi connectivity index (χ4n) is 7.34. The van der Waals surface area contributed by atoms with E-state index in [4.69, 9.17) is 15.3 Å². The molecule has 9 rings (SSSR count). The Morgan fingerprint density at radius 2 is 2.18 bits per heavy atom. The minimum atomic E-state index is -2.52. The summed E-state index contributed by atoms with van der Waals surface area (Å²) in [5.41, 5.74) is -2.40. The van der Waals surface area contributed by atoms with Gasteiger partial charge in [0.25, 0.3) is 5.56 Å². The Morgan fingerprint density at radius 1 is 1.30 bits per heavy atom. The van der Waals surface area contributed by atoms with Crippen molar-refractivity contribution in [1.29, 1.82) is 0 Å². The number of phenols is 1. The topological polar surface area (TPSA) is 109 Å². The van der Waals surface area contributed by atoms with Gasteiger partial charge >= 0.3 is 6.01 Å². The molecule has 226 valence electrons. The number of rotatable bonds is 5. The fraction of sp³-hybridized carbons (Fsp3) is 0.438. The van der Waals surface area contributed by atoms with Crippen molar-refractivity contribution < 1.29 is 22.7 Å². The van der Waals surface area contributed by atoms with Crippen LogP contribution in [0.25, 0.3) is 27.4 Å². The minimum Gasteiger partial charge on any atom is -0.508 e. The predicted octanol–water partition coefficient (Wildman–Crippen LogP) is 3.05. The lowest BCUT2D eigenvalue weighted by molar-refractivity contribution is 0.107. The van der Waals surface area contributed by atoms with Crippen LogP contribution in [-0.2, 0) is 0 Å². The maximum Gasteiger partial charge on any atom is 0.319 e. The van der Waals surface area contributed by atoms with Crippen LogP contribution in [0.1, 0.15) is 41.8 Å². The van der Waals surface area contributed by atoms with Gasteiger partial charge in [-0.15, -0.1) is 6.42 Å². The van der Waals surface area contributed by atoms with Gasteiger partial charge in [0.05, 0.1) is 32.5 Å². The highest BCUT2D eigenvalue weighted by Crippen LogP contribution is 2.41. The molecule has 2 unspecified atom stereocenters. The number of nitrogens with one attached hydrogen (secondary N) is 1. The number of terminal acetylenes is 1. The van der Waals surface area contributed by atoms with E-state index < -0.39 is 35.6 Å². The van der Waals surface area contributed by atoms with E-state index in [0.29, 0.717) is 42.6 Å². The summed E-state index contributed by atoms with van der Waals surface area (Å²) >= 11 is 0. The van der Waals surface area contributed by atoms with Crippen molar-refractivity contribution in [2.45, 2.75) is 55.9 Å². The average molecular weight is 603 g/mol. The van der Waals surface area contributed by atoms with E-state index in [9.17, 15) is 18.7 Å². The third-order valence-electron chi connectivity index (χ3n) is 9.43. The van der Waals surface area contributed by atoms with Crippen molar-refractivity contribution in [3.8, 4) is 29.8 Å². The molecule has 0 radical (unpaired) electrons. The van der Waals surface area contributed by atoms with Crippen molar-refractivity contribution >= 4 is 27.5 Å². The number of aromatic hydroxyl groups is 1. The van der Waals surface area contributed by atoms with Gasteiger partial charge in [-0.3, -0.25) is 9.69 Å². The Labute approximate surface area is 255 Å². The highest BCUT2D eigenvalue weighted by Gasteiger charge is 2.49. The zero-order valence-electron chi connectivity index (χ0n) is 26.7. The van der Waals surface area contributed by atoms with Gasteiger partial charge in [0.15, 0.2) is 0 Å². The second-order valence-electron chi connectivity index (χ2n) is 12.0. The molecule has 5 aliphatic heterocycles. The van der Waals surface area contributed by atoms with Crippen LogP contribution in [0.5, 0.6) is 11.8 Å². The largest absolute Gasteiger partial charge is 0.508 e. The van der Waals surface area contributed by atoms with E-state index in [2.05, 4.69) is 26.3 Å². The van der Waals surface area contributed by atoms with Gasteiger partial charge in [-0.05, 0) is 49.7 Å². The number of fused-ring (bicyclic) bond motifs is 6. The predicted molar refractivity (Wildman–Crippen MR) is 161 cm³/mol. The van der Waals surface area contributed by atoms with Gasteiger partial charge in [-0.25, -0.2) is 8.78 Å². The molecule has 4 atom stereocenters. The summed E-state index contributed by atoms with van der Waals surface area (Å²) in [7, 11) is 0. The van der Waals surface area contributed by atoms with Gasteiger partial charge in [0.1, 0.15) is 35.6 Å².